The van der Waals surface area contributed by atoms with Gasteiger partial charge in [0.05, 0.1) is 11.3 Å². The molecule has 5 heteroatoms. The van der Waals surface area contributed by atoms with Crippen LogP contribution in [0.25, 0.3) is 10.9 Å². The number of fused-ring (bicyclic) bond motifs is 3. The molecule has 1 fully saturated rings. The van der Waals surface area contributed by atoms with Crippen molar-refractivity contribution in [2.45, 2.75) is 44.6 Å². The van der Waals surface area contributed by atoms with E-state index < -0.39 is 0 Å². The molecule has 0 radical (unpaired) electrons. The van der Waals surface area contributed by atoms with Crippen molar-refractivity contribution in [3.05, 3.63) is 64.8 Å². The number of aromatic nitrogens is 1. The maximum Gasteiger partial charge on any atom is 0.255 e. The summed E-state index contributed by atoms with van der Waals surface area (Å²) in [5.74, 6) is -0.326. The van der Waals surface area contributed by atoms with E-state index in [1.807, 2.05) is 30.3 Å². The summed E-state index contributed by atoms with van der Waals surface area (Å²) in [7, 11) is 0. The van der Waals surface area contributed by atoms with Crippen LogP contribution in [0.4, 0.5) is 5.69 Å². The molecular formula is C23H23N3O2. The van der Waals surface area contributed by atoms with Gasteiger partial charge in [0.2, 0.25) is 0 Å². The van der Waals surface area contributed by atoms with Crippen molar-refractivity contribution >= 4 is 28.4 Å². The Labute approximate surface area is 163 Å². The van der Waals surface area contributed by atoms with E-state index in [0.717, 1.165) is 36.6 Å². The Morgan fingerprint density at radius 2 is 1.79 bits per heavy atom. The monoisotopic (exact) mass is 373 g/mol. The Kier molecular flexibility index (Phi) is 4.15. The fraction of sp³-hybridized carbons (Fsp3) is 0.304. The molecule has 2 aliphatic carbocycles. The number of nitrogens with one attached hydrogen (secondary N) is 3. The van der Waals surface area contributed by atoms with Gasteiger partial charge in [-0.1, -0.05) is 12.1 Å². The summed E-state index contributed by atoms with van der Waals surface area (Å²) in [4.78, 5) is 28.9. The summed E-state index contributed by atoms with van der Waals surface area (Å²) in [5.41, 5.74) is 5.40. The number of aromatic amines is 1. The van der Waals surface area contributed by atoms with E-state index in [1.165, 1.54) is 24.1 Å². The van der Waals surface area contributed by atoms with Crippen LogP contribution in [0.15, 0.2) is 42.5 Å². The summed E-state index contributed by atoms with van der Waals surface area (Å²) >= 11 is 0. The average molecular weight is 373 g/mol. The number of carbonyl (C=O) groups is 2. The van der Waals surface area contributed by atoms with Gasteiger partial charge in [-0.2, -0.15) is 0 Å². The van der Waals surface area contributed by atoms with E-state index in [2.05, 4.69) is 15.6 Å². The minimum atomic E-state index is -0.195. The van der Waals surface area contributed by atoms with Crippen LogP contribution >= 0.6 is 0 Å². The predicted molar refractivity (Wildman–Crippen MR) is 110 cm³/mol. The molecule has 2 amide bonds. The molecule has 2 aliphatic rings. The normalized spacial score (nSPS) is 15.9. The molecule has 1 heterocycles. The first-order valence-corrected chi connectivity index (χ1v) is 10.0. The van der Waals surface area contributed by atoms with E-state index >= 15 is 0 Å². The van der Waals surface area contributed by atoms with E-state index in [0.29, 0.717) is 16.8 Å². The molecular weight excluding hydrogens is 350 g/mol. The zero-order chi connectivity index (χ0) is 19.1. The predicted octanol–water partition coefficient (Wildman–Crippen LogP) is 4.19. The first-order valence-electron chi connectivity index (χ1n) is 10.0. The molecule has 5 rings (SSSR count). The molecule has 0 atom stereocenters. The Morgan fingerprint density at radius 1 is 0.964 bits per heavy atom. The molecule has 0 spiro atoms. The third kappa shape index (κ3) is 3.17. The van der Waals surface area contributed by atoms with Gasteiger partial charge < -0.3 is 15.6 Å². The quantitative estimate of drug-likeness (QED) is 0.641. The van der Waals surface area contributed by atoms with Crippen molar-refractivity contribution in [3.8, 4) is 0 Å². The summed E-state index contributed by atoms with van der Waals surface area (Å²) in [6, 6.07) is 13.2. The van der Waals surface area contributed by atoms with Crippen molar-refractivity contribution in [2.24, 2.45) is 0 Å². The maximum atomic E-state index is 12.9. The number of H-pyrrole nitrogens is 1. The largest absolute Gasteiger partial charge is 0.358 e. The Hall–Kier alpha value is -3.08. The summed E-state index contributed by atoms with van der Waals surface area (Å²) in [5, 5.41) is 7.05. The zero-order valence-electron chi connectivity index (χ0n) is 15.7. The second-order valence-corrected chi connectivity index (χ2v) is 7.80. The smallest absolute Gasteiger partial charge is 0.255 e. The number of anilines is 1. The van der Waals surface area contributed by atoms with E-state index in [4.69, 9.17) is 0 Å². The van der Waals surface area contributed by atoms with Crippen molar-refractivity contribution in [3.63, 3.8) is 0 Å². The van der Waals surface area contributed by atoms with Crippen LogP contribution in [0.3, 0.4) is 0 Å². The van der Waals surface area contributed by atoms with Gasteiger partial charge in [-0.25, -0.2) is 0 Å². The number of aryl methyl sites for hydroxylation is 2. The molecule has 0 saturated heterocycles. The molecule has 0 bridgehead atoms. The van der Waals surface area contributed by atoms with E-state index in [9.17, 15) is 9.59 Å². The van der Waals surface area contributed by atoms with Gasteiger partial charge in [0.15, 0.2) is 0 Å². The van der Waals surface area contributed by atoms with E-state index in [1.54, 1.807) is 12.1 Å². The third-order valence-corrected chi connectivity index (χ3v) is 5.69. The molecule has 2 aromatic carbocycles. The van der Waals surface area contributed by atoms with Gasteiger partial charge in [0.1, 0.15) is 0 Å². The zero-order valence-corrected chi connectivity index (χ0v) is 15.7. The average Bonchev–Trinajstić information content (AvgIpc) is 3.45. The van der Waals surface area contributed by atoms with Crippen LogP contribution in [-0.4, -0.2) is 22.8 Å². The van der Waals surface area contributed by atoms with Crippen LogP contribution in [0.2, 0.25) is 0 Å². The topological polar surface area (TPSA) is 74.0 Å². The minimum Gasteiger partial charge on any atom is -0.358 e. The highest BCUT2D eigenvalue weighted by atomic mass is 16.2. The first-order chi connectivity index (χ1) is 13.7. The van der Waals surface area contributed by atoms with Gasteiger partial charge in [-0.05, 0) is 74.4 Å². The molecule has 3 aromatic rings. The van der Waals surface area contributed by atoms with Crippen LogP contribution in [0.5, 0.6) is 0 Å². The molecule has 1 aromatic heterocycles. The Bertz CT molecular complexity index is 1080. The molecule has 142 valence electrons. The highest BCUT2D eigenvalue weighted by Gasteiger charge is 2.25. The number of hydrogen-bond acceptors (Lipinski definition) is 2. The van der Waals surface area contributed by atoms with Crippen LogP contribution in [0.1, 0.15) is 57.7 Å². The number of rotatable bonds is 4. The third-order valence-electron chi connectivity index (χ3n) is 5.69. The van der Waals surface area contributed by atoms with Crippen molar-refractivity contribution < 1.29 is 9.59 Å². The van der Waals surface area contributed by atoms with Gasteiger partial charge in [0, 0.05) is 28.2 Å². The highest BCUT2D eigenvalue weighted by molar-refractivity contribution is 6.10. The van der Waals surface area contributed by atoms with Crippen molar-refractivity contribution in [1.82, 2.24) is 10.3 Å². The fourth-order valence-electron chi connectivity index (χ4n) is 4.02. The van der Waals surface area contributed by atoms with Crippen LogP contribution < -0.4 is 10.6 Å². The second-order valence-electron chi connectivity index (χ2n) is 7.80. The summed E-state index contributed by atoms with van der Waals surface area (Å²) < 4.78 is 0. The molecule has 1 saturated carbocycles. The molecule has 5 nitrogen and oxygen atoms in total. The van der Waals surface area contributed by atoms with E-state index in [-0.39, 0.29) is 17.9 Å². The SMILES string of the molecule is O=C(Nc1ccccc1C(=O)NC1CC1)c1ccc2[nH]c3c(c2c1)CCCC3. The molecule has 3 N–H and O–H groups in total. The number of para-hydroxylation sites is 1. The Balaban J connectivity index is 1.42. The first kappa shape index (κ1) is 17.0. The maximum absolute atomic E-state index is 12.9. The summed E-state index contributed by atoms with van der Waals surface area (Å²) in [6.07, 6.45) is 6.61. The van der Waals surface area contributed by atoms with Gasteiger partial charge in [-0.15, -0.1) is 0 Å². The lowest BCUT2D eigenvalue weighted by Crippen LogP contribution is -2.27. The van der Waals surface area contributed by atoms with Gasteiger partial charge >= 0.3 is 0 Å². The van der Waals surface area contributed by atoms with Crippen LogP contribution in [-0.2, 0) is 12.8 Å². The van der Waals surface area contributed by atoms with Gasteiger partial charge in [-0.3, -0.25) is 9.59 Å². The Morgan fingerprint density at radius 3 is 2.64 bits per heavy atom. The fourth-order valence-corrected chi connectivity index (χ4v) is 4.02. The number of benzene rings is 2. The van der Waals surface area contributed by atoms with Gasteiger partial charge in [0.25, 0.3) is 11.8 Å². The van der Waals surface area contributed by atoms with Crippen molar-refractivity contribution in [1.29, 1.82) is 0 Å². The molecule has 0 unspecified atom stereocenters. The summed E-state index contributed by atoms with van der Waals surface area (Å²) in [6.45, 7) is 0. The molecule has 0 aliphatic heterocycles. The lowest BCUT2D eigenvalue weighted by Gasteiger charge is -2.12. The second kappa shape index (κ2) is 6.82. The lowest BCUT2D eigenvalue weighted by atomic mass is 9.95. The molecule has 28 heavy (non-hydrogen) atoms. The number of carbonyl (C=O) groups excluding carboxylic acids is 2. The minimum absolute atomic E-state index is 0.131. The highest BCUT2D eigenvalue weighted by Crippen LogP contribution is 2.30. The lowest BCUT2D eigenvalue weighted by molar-refractivity contribution is 0.0952. The van der Waals surface area contributed by atoms with Crippen LogP contribution in [0, 0.1) is 0 Å². The van der Waals surface area contributed by atoms with Crippen molar-refractivity contribution in [2.75, 3.05) is 5.32 Å². The number of amides is 2. The number of hydrogen-bond donors (Lipinski definition) is 3. The standard InChI is InChI=1S/C23H23N3O2/c27-22(26-20-8-4-2-6-17(20)23(28)24-15-10-11-15)14-9-12-21-18(13-14)16-5-1-3-7-19(16)25-21/h2,4,6,8-9,12-13,15,25H,1,3,5,7,10-11H2,(H,24,28)(H,26,27).